The predicted octanol–water partition coefficient (Wildman–Crippen LogP) is 29.8. The highest BCUT2D eigenvalue weighted by Gasteiger charge is 2.40. The van der Waals surface area contributed by atoms with Gasteiger partial charge in [0.05, 0.1) is 26.4 Å². The summed E-state index contributed by atoms with van der Waals surface area (Å²) in [4.78, 5) is 27.8. The highest BCUT2D eigenvalue weighted by atomic mass is 79.9. The number of hydrogen-bond acceptors (Lipinski definition) is 15. The molecule has 0 saturated heterocycles. The Kier molecular flexibility index (Phi) is 55.8. The fourth-order valence-corrected chi connectivity index (χ4v) is 18.1. The molecule has 0 aliphatic heterocycles. The van der Waals surface area contributed by atoms with Crippen molar-refractivity contribution in [2.24, 2.45) is 35.5 Å². The Morgan fingerprint density at radius 3 is 0.770 bits per heavy atom. The van der Waals surface area contributed by atoms with Crippen LogP contribution in [-0.2, 0) is 70.9 Å². The van der Waals surface area contributed by atoms with E-state index in [0.717, 1.165) is 105 Å². The number of nitrogens with zero attached hydrogens (tertiary/aromatic N) is 2. The van der Waals surface area contributed by atoms with Gasteiger partial charge in [-0.25, -0.2) is 0 Å². The van der Waals surface area contributed by atoms with Gasteiger partial charge in [0.15, 0.2) is 30.9 Å². The van der Waals surface area contributed by atoms with E-state index in [1.165, 1.54) is 44.8 Å². The summed E-state index contributed by atoms with van der Waals surface area (Å²) in [5.74, 6) is 0.735. The number of hydrogen-bond donors (Lipinski definition) is 4. The van der Waals surface area contributed by atoms with Crippen molar-refractivity contribution >= 4 is 184 Å². The number of aliphatic hydroxyl groups excluding tert-OH is 4. The molecule has 0 bridgehead atoms. The van der Waals surface area contributed by atoms with Crippen LogP contribution in [0.5, 0.6) is 11.5 Å². The van der Waals surface area contributed by atoms with E-state index in [9.17, 15) is 19.8 Å². The molecule has 0 aromatic heterocycles. The first-order valence-corrected chi connectivity index (χ1v) is 62.3. The van der Waals surface area contributed by atoms with Crippen LogP contribution in [0.4, 0.5) is 11.4 Å². The Balaban J connectivity index is 0.000000304. The Hall–Kier alpha value is -6.45. The minimum absolute atomic E-state index is 0.0343. The second-order valence-corrected chi connectivity index (χ2v) is 60.4. The maximum absolute atomic E-state index is 11.8. The molecule has 0 amide bonds. The summed E-state index contributed by atoms with van der Waals surface area (Å²) in [7, 11) is 2.99. The summed E-state index contributed by atoms with van der Waals surface area (Å²) in [6, 6.07) is 82.3. The van der Waals surface area contributed by atoms with Crippen LogP contribution < -0.4 is 19.3 Å². The van der Waals surface area contributed by atoms with E-state index in [1.807, 2.05) is 111 Å². The molecule has 758 valence electrons. The molecule has 139 heavy (non-hydrogen) atoms. The van der Waals surface area contributed by atoms with E-state index in [4.69, 9.17) is 42.4 Å². The van der Waals surface area contributed by atoms with E-state index in [2.05, 4.69) is 407 Å². The predicted molar refractivity (Wildman–Crippen MR) is 616 cm³/mol. The van der Waals surface area contributed by atoms with Gasteiger partial charge in [0.1, 0.15) is 11.5 Å². The number of benzene rings is 10. The number of aliphatic hydroxyl groups is 4. The quantitative estimate of drug-likeness (QED) is 0.00930. The van der Waals surface area contributed by atoms with Crippen LogP contribution in [0.25, 0.3) is 24.3 Å². The lowest BCUT2D eigenvalue weighted by molar-refractivity contribution is -0.161. The van der Waals surface area contributed by atoms with E-state index >= 15 is 0 Å². The van der Waals surface area contributed by atoms with Gasteiger partial charge in [-0.15, -0.1) is 0 Å². The van der Waals surface area contributed by atoms with Crippen LogP contribution in [0.3, 0.4) is 0 Å². The average molecular weight is 2400 g/mol. The second-order valence-electron chi connectivity index (χ2n) is 39.9. The largest absolute Gasteiger partial charge is 0.493 e. The maximum atomic E-state index is 11.8. The van der Waals surface area contributed by atoms with Crippen molar-refractivity contribution in [1.82, 2.24) is 0 Å². The molecule has 4 atom stereocenters. The molecule has 0 aliphatic carbocycles. The number of halogens is 7. The second kappa shape index (κ2) is 63.1. The molecule has 0 spiro atoms. The highest BCUT2D eigenvalue weighted by molar-refractivity contribution is 9.11. The van der Waals surface area contributed by atoms with E-state index in [-0.39, 0.29) is 84.8 Å². The van der Waals surface area contributed by atoms with E-state index in [0.29, 0.717) is 32.3 Å². The van der Waals surface area contributed by atoms with Crippen molar-refractivity contribution in [2.45, 2.75) is 169 Å². The van der Waals surface area contributed by atoms with Gasteiger partial charge < -0.3 is 62.5 Å². The number of esters is 2. The zero-order chi connectivity index (χ0) is 103. The van der Waals surface area contributed by atoms with Gasteiger partial charge in [0.2, 0.25) is 0 Å². The molecule has 4 N–H and O–H groups in total. The fraction of sp³-hybridized carbons (Fsp3) is 0.421. The number of carbonyl (C=O) groups excluding carboxylic acids is 2. The third kappa shape index (κ3) is 48.0. The molecule has 0 saturated carbocycles. The summed E-state index contributed by atoms with van der Waals surface area (Å²) in [5.41, 5.74) is 14.1. The summed E-state index contributed by atoms with van der Waals surface area (Å²) < 4.78 is 47.5. The van der Waals surface area contributed by atoms with Gasteiger partial charge in [-0.2, -0.15) is 0 Å². The maximum Gasteiger partial charge on any atom is 0.320 e. The monoisotopic (exact) mass is 2390 g/mol. The zero-order valence-electron chi connectivity index (χ0n) is 85.6. The number of ether oxygens (including phenoxy) is 4. The Bertz CT molecular complexity index is 5050. The average Bonchev–Trinajstić information content (AvgIpc) is 0.843. The minimum atomic E-state index is -1.83. The van der Waals surface area contributed by atoms with Gasteiger partial charge in [-0.1, -0.05) is 319 Å². The third-order valence-electron chi connectivity index (χ3n) is 24.9. The molecular formula is C114H153Br7N2O13Si3. The van der Waals surface area contributed by atoms with Crippen molar-refractivity contribution in [3.63, 3.8) is 0 Å². The SMILES string of the molecule is CC(C)(C)[Si](C)(C)OCC(CBr)Cc1ccc(Br)cc1.CC(C)(C)[Si](C)(C)OCC(CO)Cc1ccc(Br)cc1.CCOC(=O)C(Cc1ccc(Br)cc1)C(=O)OCC.CN(C)c1ccc(/C=C/c2ccc(OCC(CO)Cc3ccc(Br)cc3)cc2)cc1.CN(C)c1ccc(/C=C/c2ccc(OCC(CO[Si](C)(C)C(C)(C)C)Cc3ccc(Br)cc3)cc2)cc1.OCC(CO)Cc1ccc(Br)cc1. The first-order valence-electron chi connectivity index (χ1n) is 47.7. The van der Waals surface area contributed by atoms with Crippen molar-refractivity contribution in [1.29, 1.82) is 0 Å². The lowest BCUT2D eigenvalue weighted by Gasteiger charge is -2.37. The minimum Gasteiger partial charge on any atom is -0.493 e. The van der Waals surface area contributed by atoms with Crippen LogP contribution in [0, 0.1) is 35.5 Å². The lowest BCUT2D eigenvalue weighted by atomic mass is 9.99. The molecule has 10 rings (SSSR count). The smallest absolute Gasteiger partial charge is 0.320 e. The van der Waals surface area contributed by atoms with Crippen molar-refractivity contribution < 1.29 is 62.2 Å². The summed E-state index contributed by atoms with van der Waals surface area (Å²) >= 11 is 24.2. The molecule has 15 nitrogen and oxygen atoms in total. The fourth-order valence-electron chi connectivity index (χ4n) is 12.8. The Morgan fingerprint density at radius 2 is 0.525 bits per heavy atom. The molecule has 4 unspecified atom stereocenters. The van der Waals surface area contributed by atoms with E-state index in [1.54, 1.807) is 13.8 Å². The molecule has 10 aromatic rings. The number of alkyl halides is 1. The number of anilines is 2. The Labute approximate surface area is 895 Å². The molecule has 0 heterocycles. The highest BCUT2D eigenvalue weighted by Crippen LogP contribution is 2.40. The van der Waals surface area contributed by atoms with E-state index < -0.39 is 42.8 Å². The van der Waals surface area contributed by atoms with Crippen LogP contribution in [0.1, 0.15) is 132 Å². The van der Waals surface area contributed by atoms with Gasteiger partial charge in [0.25, 0.3) is 0 Å². The lowest BCUT2D eigenvalue weighted by Crippen LogP contribution is -2.42. The first-order chi connectivity index (χ1) is 65.6. The van der Waals surface area contributed by atoms with Crippen molar-refractivity contribution in [3.8, 4) is 11.5 Å². The summed E-state index contributed by atoms with van der Waals surface area (Å²) in [5, 5.41) is 38.7. The summed E-state index contributed by atoms with van der Waals surface area (Å²) in [6.45, 7) is 41.8. The first kappa shape index (κ1) is 123. The molecule has 0 radical (unpaired) electrons. The van der Waals surface area contributed by atoms with Crippen LogP contribution in [0.2, 0.25) is 54.4 Å². The van der Waals surface area contributed by atoms with Gasteiger partial charge >= 0.3 is 11.9 Å². The van der Waals surface area contributed by atoms with Crippen molar-refractivity contribution in [2.75, 3.05) is 116 Å². The number of carbonyl (C=O) groups is 2. The Morgan fingerprint density at radius 1 is 0.309 bits per heavy atom. The molecule has 10 aromatic carbocycles. The summed E-state index contributed by atoms with van der Waals surface area (Å²) in [6.07, 6.45) is 13.1. The topological polar surface area (TPSA) is 186 Å². The molecule has 0 aliphatic rings. The molecular weight excluding hydrogens is 2250 g/mol. The van der Waals surface area contributed by atoms with Gasteiger partial charge in [-0.3, -0.25) is 9.59 Å². The molecule has 25 heteroatoms. The van der Waals surface area contributed by atoms with Crippen LogP contribution >= 0.6 is 112 Å². The molecule has 0 fully saturated rings. The van der Waals surface area contributed by atoms with Crippen molar-refractivity contribution in [3.05, 3.63) is 325 Å². The standard InChI is InChI=1S/C32H42BrNO2Si.C26H28BrNO2.C16H26Br2OSi.C16H27BrO2Si.C14H17BrO4.C10H13BrO2/c1-32(2,3)37(6,7)36-24-28(22-27-10-16-29(33)17-11-27)23-35-31-20-14-26(15-21-31)9-8-25-12-18-30(19-13-25)34(4)5;1-28(2)25-13-7-20(8-14-25)3-4-21-9-15-26(16-10-21)30-19-23(18-29)17-22-5-11-24(27)12-6-22;1-16(2,3)20(4,5)19-12-14(11-17)10-13-6-8-15(18)9-7-13;1-16(2,3)20(4,5)19-12-14(11-18)10-13-6-8-15(17)9-7-13;1-3-18-13(16)12(14(17)19-4-2)9-10-5-7-11(15)8-6-10;11-10-3-1-8(2-4-10)5-9(6-12)7-13/h8-21,28H,22-24H2,1-7H3;3-16,23,29H,17-19H2,1-2H3;6-9,14H,10-12H2,1-5H3;6-9,14,18H,10-12H2,1-5H3;5-8,12H,3-4,9H2,1-2H3;1-4,9,12-13H,5-7H2/b9-8+;4-3+;;;;. The van der Waals surface area contributed by atoms with Gasteiger partial charge in [0, 0.05) is 142 Å². The number of rotatable bonds is 42. The normalized spacial score (nSPS) is 12.6. The van der Waals surface area contributed by atoms with Crippen LogP contribution in [0.15, 0.2) is 269 Å². The third-order valence-corrected chi connectivity index (χ3v) is 42.5. The zero-order valence-corrected chi connectivity index (χ0v) is 99.7. The van der Waals surface area contributed by atoms with Gasteiger partial charge in [-0.05, 0) is 290 Å². The van der Waals surface area contributed by atoms with Crippen LogP contribution in [-0.4, -0.2) is 164 Å².